The van der Waals surface area contributed by atoms with E-state index in [0.29, 0.717) is 48.5 Å². The molecule has 0 amide bonds. The number of hydrogen-bond donors (Lipinski definition) is 1. The molecule has 0 atom stereocenters. The summed E-state index contributed by atoms with van der Waals surface area (Å²) in [5, 5.41) is 15.8. The molecule has 1 fully saturated rings. The number of piperazine rings is 1. The molecular weight excluding hydrogens is 480 g/mol. The lowest BCUT2D eigenvalue weighted by Crippen LogP contribution is -2.47. The molecule has 1 aliphatic heterocycles. The maximum atomic E-state index is 12.1. The normalized spacial score (nSPS) is 13.4. The van der Waals surface area contributed by atoms with Crippen molar-refractivity contribution in [1.82, 2.24) is 9.97 Å². The predicted octanol–water partition coefficient (Wildman–Crippen LogP) is 5.90. The van der Waals surface area contributed by atoms with Crippen LogP contribution in [0, 0.1) is 10.1 Å². The van der Waals surface area contributed by atoms with E-state index in [-0.39, 0.29) is 11.5 Å². The summed E-state index contributed by atoms with van der Waals surface area (Å²) >= 11 is 6.13. The van der Waals surface area contributed by atoms with Gasteiger partial charge in [0.2, 0.25) is 11.6 Å². The second kappa shape index (κ2) is 10.5. The maximum absolute atomic E-state index is 12.1. The third kappa shape index (κ3) is 5.31. The standard InChI is InChI=1S/C26H23ClN6O3/c27-19-5-4-6-21(17-19)31-13-15-32(16-14-31)26-24(33(34)35)25(28-18-29-26)30-20-9-11-23(12-10-20)36-22-7-2-1-3-8-22/h1-12,17-18H,13-16H2,(H,28,29,30). The van der Waals surface area contributed by atoms with Gasteiger partial charge in [0.15, 0.2) is 0 Å². The van der Waals surface area contributed by atoms with E-state index in [1.807, 2.05) is 59.5 Å². The van der Waals surface area contributed by atoms with Gasteiger partial charge in [0, 0.05) is 42.6 Å². The lowest BCUT2D eigenvalue weighted by molar-refractivity contribution is -0.383. The van der Waals surface area contributed by atoms with Crippen LogP contribution in [0.3, 0.4) is 0 Å². The van der Waals surface area contributed by atoms with Gasteiger partial charge in [0.1, 0.15) is 17.8 Å². The molecule has 1 saturated heterocycles. The van der Waals surface area contributed by atoms with E-state index in [4.69, 9.17) is 16.3 Å². The Hall–Kier alpha value is -4.37. The Balaban J connectivity index is 1.31. The van der Waals surface area contributed by atoms with Gasteiger partial charge in [-0.15, -0.1) is 0 Å². The SMILES string of the molecule is O=[N+]([O-])c1c(Nc2ccc(Oc3ccccc3)cc2)ncnc1N1CCN(c2cccc(Cl)c2)CC1. The smallest absolute Gasteiger partial charge is 0.353 e. The zero-order valence-electron chi connectivity index (χ0n) is 19.3. The van der Waals surface area contributed by atoms with E-state index < -0.39 is 4.92 Å². The highest BCUT2D eigenvalue weighted by atomic mass is 35.5. The van der Waals surface area contributed by atoms with Crippen molar-refractivity contribution >= 4 is 40.3 Å². The van der Waals surface area contributed by atoms with Crippen molar-refractivity contribution in [3.63, 3.8) is 0 Å². The first kappa shape index (κ1) is 23.4. The predicted molar refractivity (Wildman–Crippen MR) is 141 cm³/mol. The lowest BCUT2D eigenvalue weighted by atomic mass is 10.2. The highest BCUT2D eigenvalue weighted by molar-refractivity contribution is 6.30. The number of nitrogens with one attached hydrogen (secondary N) is 1. The summed E-state index contributed by atoms with van der Waals surface area (Å²) in [4.78, 5) is 24.2. The lowest BCUT2D eigenvalue weighted by Gasteiger charge is -2.36. The molecule has 10 heteroatoms. The Labute approximate surface area is 213 Å². The molecule has 1 aromatic heterocycles. The number of halogens is 1. The molecule has 0 unspecified atom stereocenters. The second-order valence-corrected chi connectivity index (χ2v) is 8.61. The Morgan fingerprint density at radius 3 is 2.25 bits per heavy atom. The van der Waals surface area contributed by atoms with Gasteiger partial charge in [0.05, 0.1) is 4.92 Å². The van der Waals surface area contributed by atoms with Gasteiger partial charge >= 0.3 is 5.69 Å². The number of para-hydroxylation sites is 1. The van der Waals surface area contributed by atoms with E-state index in [1.54, 1.807) is 24.3 Å². The number of ether oxygens (including phenoxy) is 1. The van der Waals surface area contributed by atoms with Crippen molar-refractivity contribution in [2.75, 3.05) is 41.3 Å². The molecule has 2 heterocycles. The van der Waals surface area contributed by atoms with Crippen LogP contribution in [-0.4, -0.2) is 41.1 Å². The minimum Gasteiger partial charge on any atom is -0.457 e. The van der Waals surface area contributed by atoms with Crippen LogP contribution in [0.1, 0.15) is 0 Å². The van der Waals surface area contributed by atoms with Crippen LogP contribution in [0.2, 0.25) is 5.02 Å². The van der Waals surface area contributed by atoms with Gasteiger partial charge in [-0.3, -0.25) is 10.1 Å². The van der Waals surface area contributed by atoms with Crippen molar-refractivity contribution < 1.29 is 9.66 Å². The number of nitro groups is 1. The summed E-state index contributed by atoms with van der Waals surface area (Å²) in [6.07, 6.45) is 1.35. The van der Waals surface area contributed by atoms with Crippen molar-refractivity contribution in [3.8, 4) is 11.5 Å². The maximum Gasteiger partial charge on any atom is 0.353 e. The fraction of sp³-hybridized carbons (Fsp3) is 0.154. The fourth-order valence-electron chi connectivity index (χ4n) is 4.08. The Morgan fingerprint density at radius 1 is 0.861 bits per heavy atom. The first-order valence-corrected chi connectivity index (χ1v) is 11.8. The number of anilines is 4. The third-order valence-electron chi connectivity index (χ3n) is 5.83. The van der Waals surface area contributed by atoms with Gasteiger partial charge in [-0.25, -0.2) is 9.97 Å². The van der Waals surface area contributed by atoms with Crippen molar-refractivity contribution in [2.24, 2.45) is 0 Å². The highest BCUT2D eigenvalue weighted by Crippen LogP contribution is 2.35. The highest BCUT2D eigenvalue weighted by Gasteiger charge is 2.29. The molecule has 0 saturated carbocycles. The van der Waals surface area contributed by atoms with Crippen molar-refractivity contribution in [2.45, 2.75) is 0 Å². The summed E-state index contributed by atoms with van der Waals surface area (Å²) in [6, 6.07) is 24.3. The van der Waals surface area contributed by atoms with Gasteiger partial charge in [-0.1, -0.05) is 35.9 Å². The summed E-state index contributed by atoms with van der Waals surface area (Å²) in [5.41, 5.74) is 1.52. The first-order valence-electron chi connectivity index (χ1n) is 11.4. The van der Waals surface area contributed by atoms with E-state index in [0.717, 1.165) is 11.4 Å². The number of nitrogens with zero attached hydrogens (tertiary/aromatic N) is 5. The van der Waals surface area contributed by atoms with E-state index >= 15 is 0 Å². The molecule has 9 nitrogen and oxygen atoms in total. The van der Waals surface area contributed by atoms with Crippen LogP contribution in [0.25, 0.3) is 0 Å². The molecule has 36 heavy (non-hydrogen) atoms. The van der Waals surface area contributed by atoms with E-state index in [2.05, 4.69) is 20.2 Å². The summed E-state index contributed by atoms with van der Waals surface area (Å²) in [7, 11) is 0. The van der Waals surface area contributed by atoms with Gasteiger partial charge in [-0.05, 0) is 54.6 Å². The van der Waals surface area contributed by atoms with Crippen LogP contribution in [0.4, 0.5) is 28.7 Å². The average molecular weight is 503 g/mol. The number of rotatable bonds is 7. The Bertz CT molecular complexity index is 1350. The molecule has 0 aliphatic carbocycles. The molecule has 0 spiro atoms. The minimum absolute atomic E-state index is 0.138. The molecule has 1 N–H and O–H groups in total. The molecule has 5 rings (SSSR count). The summed E-state index contributed by atoms with van der Waals surface area (Å²) in [5.74, 6) is 1.82. The molecular formula is C26H23ClN6O3. The number of benzene rings is 3. The zero-order chi connectivity index (χ0) is 24.9. The van der Waals surface area contributed by atoms with Crippen molar-refractivity contribution in [1.29, 1.82) is 0 Å². The van der Waals surface area contributed by atoms with Crippen LogP contribution in [0.5, 0.6) is 11.5 Å². The van der Waals surface area contributed by atoms with E-state index in [1.165, 1.54) is 6.33 Å². The van der Waals surface area contributed by atoms with Gasteiger partial charge < -0.3 is 19.9 Å². The largest absolute Gasteiger partial charge is 0.457 e. The molecule has 182 valence electrons. The van der Waals surface area contributed by atoms with Crippen LogP contribution >= 0.6 is 11.6 Å². The Kier molecular flexibility index (Phi) is 6.81. The fourth-order valence-corrected chi connectivity index (χ4v) is 4.26. The molecule has 1 aliphatic rings. The Morgan fingerprint density at radius 2 is 1.56 bits per heavy atom. The average Bonchev–Trinajstić information content (AvgIpc) is 2.90. The molecule has 4 aromatic rings. The first-order chi connectivity index (χ1) is 17.6. The summed E-state index contributed by atoms with van der Waals surface area (Å²) in [6.45, 7) is 2.53. The van der Waals surface area contributed by atoms with Crippen molar-refractivity contribution in [3.05, 3.63) is 100 Å². The quantitative estimate of drug-likeness (QED) is 0.246. The van der Waals surface area contributed by atoms with Crippen LogP contribution in [0.15, 0.2) is 85.2 Å². The van der Waals surface area contributed by atoms with Gasteiger partial charge in [-0.2, -0.15) is 0 Å². The number of aromatic nitrogens is 2. The third-order valence-corrected chi connectivity index (χ3v) is 6.07. The monoisotopic (exact) mass is 502 g/mol. The minimum atomic E-state index is -0.437. The van der Waals surface area contributed by atoms with Crippen LogP contribution < -0.4 is 19.9 Å². The topological polar surface area (TPSA) is 96.7 Å². The van der Waals surface area contributed by atoms with Gasteiger partial charge in [0.25, 0.3) is 0 Å². The molecule has 0 radical (unpaired) electrons. The number of hydrogen-bond acceptors (Lipinski definition) is 8. The summed E-state index contributed by atoms with van der Waals surface area (Å²) < 4.78 is 5.81. The van der Waals surface area contributed by atoms with E-state index in [9.17, 15) is 10.1 Å². The second-order valence-electron chi connectivity index (χ2n) is 8.17. The zero-order valence-corrected chi connectivity index (χ0v) is 20.0. The molecule has 0 bridgehead atoms. The molecule has 3 aromatic carbocycles. The van der Waals surface area contributed by atoms with Crippen LogP contribution in [-0.2, 0) is 0 Å².